The van der Waals surface area contributed by atoms with Gasteiger partial charge >= 0.3 is 5.97 Å². The lowest BCUT2D eigenvalue weighted by Gasteiger charge is -2.21. The number of aromatic hydroxyl groups is 1. The first-order valence-corrected chi connectivity index (χ1v) is 6.06. The van der Waals surface area contributed by atoms with Crippen LogP contribution in [0.1, 0.15) is 10.4 Å². The molecule has 5 nitrogen and oxygen atoms in total. The lowest BCUT2D eigenvalue weighted by atomic mass is 10.1. The van der Waals surface area contributed by atoms with E-state index in [1.807, 2.05) is 0 Å². The Hall–Kier alpha value is -2.89. The first-order chi connectivity index (χ1) is 9.99. The number of phenols is 1. The van der Waals surface area contributed by atoms with Gasteiger partial charge in [0, 0.05) is 11.8 Å². The summed E-state index contributed by atoms with van der Waals surface area (Å²) in [4.78, 5) is 24.3. The summed E-state index contributed by atoms with van der Waals surface area (Å²) in [5.74, 6) is -3.14. The molecule has 1 amide bonds. The van der Waals surface area contributed by atoms with Gasteiger partial charge in [-0.25, -0.2) is 4.39 Å². The van der Waals surface area contributed by atoms with Gasteiger partial charge in [0.05, 0.1) is 5.56 Å². The van der Waals surface area contributed by atoms with Gasteiger partial charge in [-0.3, -0.25) is 14.5 Å². The van der Waals surface area contributed by atoms with E-state index in [9.17, 15) is 19.1 Å². The van der Waals surface area contributed by atoms with E-state index in [0.717, 1.165) is 23.1 Å². The molecule has 0 saturated heterocycles. The number of hydrogen-bond acceptors (Lipinski definition) is 3. The van der Waals surface area contributed by atoms with E-state index in [0.29, 0.717) is 5.69 Å². The minimum absolute atomic E-state index is 0.165. The average molecular weight is 289 g/mol. The molecule has 21 heavy (non-hydrogen) atoms. The molecule has 2 aromatic carbocycles. The van der Waals surface area contributed by atoms with Crippen LogP contribution < -0.4 is 4.90 Å². The molecule has 0 fully saturated rings. The summed E-state index contributed by atoms with van der Waals surface area (Å²) in [6.45, 7) is -0.570. The third-order valence-corrected chi connectivity index (χ3v) is 2.80. The Bertz CT molecular complexity index is 673. The normalized spacial score (nSPS) is 10.1. The van der Waals surface area contributed by atoms with Crippen LogP contribution in [0.25, 0.3) is 0 Å². The molecule has 2 rings (SSSR count). The highest BCUT2D eigenvalue weighted by Gasteiger charge is 2.22. The molecule has 0 bridgehead atoms. The maximum Gasteiger partial charge on any atom is 0.323 e. The van der Waals surface area contributed by atoms with E-state index in [1.54, 1.807) is 30.3 Å². The first-order valence-electron chi connectivity index (χ1n) is 6.06. The SMILES string of the molecule is O=C(O)CN(C(=O)c1ccc(F)cc1O)c1ccccc1. The zero-order chi connectivity index (χ0) is 15.4. The number of benzene rings is 2. The maximum absolute atomic E-state index is 13.0. The van der Waals surface area contributed by atoms with Crippen molar-refractivity contribution in [2.24, 2.45) is 0 Å². The van der Waals surface area contributed by atoms with Crippen molar-refractivity contribution in [3.63, 3.8) is 0 Å². The summed E-state index contributed by atoms with van der Waals surface area (Å²) in [6, 6.07) is 11.1. The summed E-state index contributed by atoms with van der Waals surface area (Å²) < 4.78 is 13.0. The molecular formula is C15H12FNO4. The Kier molecular flexibility index (Phi) is 4.18. The van der Waals surface area contributed by atoms with Gasteiger partial charge in [-0.2, -0.15) is 0 Å². The number of phenolic OH excluding ortho intramolecular Hbond substituents is 1. The molecule has 0 aromatic heterocycles. The van der Waals surface area contributed by atoms with Gasteiger partial charge in [0.25, 0.3) is 5.91 Å². The number of para-hydroxylation sites is 1. The molecule has 2 aromatic rings. The fourth-order valence-corrected chi connectivity index (χ4v) is 1.85. The number of carboxylic acid groups (broad SMARTS) is 1. The van der Waals surface area contributed by atoms with E-state index in [4.69, 9.17) is 5.11 Å². The lowest BCUT2D eigenvalue weighted by molar-refractivity contribution is -0.135. The van der Waals surface area contributed by atoms with E-state index < -0.39 is 30.0 Å². The summed E-state index contributed by atoms with van der Waals surface area (Å²) in [7, 11) is 0. The summed E-state index contributed by atoms with van der Waals surface area (Å²) in [5.41, 5.74) is 0.204. The van der Waals surface area contributed by atoms with Crippen LogP contribution in [0.15, 0.2) is 48.5 Å². The van der Waals surface area contributed by atoms with Gasteiger partial charge < -0.3 is 10.2 Å². The predicted molar refractivity (Wildman–Crippen MR) is 73.8 cm³/mol. The molecule has 0 unspecified atom stereocenters. The Labute approximate surface area is 119 Å². The minimum atomic E-state index is -1.20. The summed E-state index contributed by atoms with van der Waals surface area (Å²) >= 11 is 0. The molecule has 0 aliphatic heterocycles. The molecule has 0 atom stereocenters. The third kappa shape index (κ3) is 3.36. The zero-order valence-corrected chi connectivity index (χ0v) is 10.9. The first kappa shape index (κ1) is 14.5. The average Bonchev–Trinajstić information content (AvgIpc) is 2.45. The fraction of sp³-hybridized carbons (Fsp3) is 0.0667. The second kappa shape index (κ2) is 6.04. The highest BCUT2D eigenvalue weighted by atomic mass is 19.1. The Balaban J connectivity index is 2.41. The zero-order valence-electron chi connectivity index (χ0n) is 10.9. The van der Waals surface area contributed by atoms with Gasteiger partial charge in [-0.1, -0.05) is 18.2 Å². The predicted octanol–water partition coefficient (Wildman–Crippen LogP) is 2.26. The van der Waals surface area contributed by atoms with Crippen molar-refractivity contribution in [1.82, 2.24) is 0 Å². The fourth-order valence-electron chi connectivity index (χ4n) is 1.85. The number of carboxylic acids is 1. The van der Waals surface area contributed by atoms with Crippen LogP contribution in [0.4, 0.5) is 10.1 Å². The largest absolute Gasteiger partial charge is 0.507 e. The van der Waals surface area contributed by atoms with Crippen LogP contribution in [-0.2, 0) is 4.79 Å². The molecule has 2 N–H and O–H groups in total. The van der Waals surface area contributed by atoms with Crippen LogP contribution in [0.2, 0.25) is 0 Å². The van der Waals surface area contributed by atoms with E-state index >= 15 is 0 Å². The number of carbonyl (C=O) groups excluding carboxylic acids is 1. The van der Waals surface area contributed by atoms with Crippen molar-refractivity contribution < 1.29 is 24.2 Å². The van der Waals surface area contributed by atoms with Crippen molar-refractivity contribution >= 4 is 17.6 Å². The molecule has 6 heteroatoms. The number of anilines is 1. The van der Waals surface area contributed by atoms with Crippen molar-refractivity contribution in [1.29, 1.82) is 0 Å². The molecule has 0 aliphatic rings. The van der Waals surface area contributed by atoms with Crippen molar-refractivity contribution in [2.75, 3.05) is 11.4 Å². The summed E-state index contributed by atoms with van der Waals surface area (Å²) in [5, 5.41) is 18.6. The highest BCUT2D eigenvalue weighted by Crippen LogP contribution is 2.23. The maximum atomic E-state index is 13.0. The molecule has 0 saturated carbocycles. The smallest absolute Gasteiger partial charge is 0.323 e. The monoisotopic (exact) mass is 289 g/mol. The number of amides is 1. The number of aliphatic carboxylic acids is 1. The molecule has 0 radical (unpaired) electrons. The van der Waals surface area contributed by atoms with Crippen LogP contribution >= 0.6 is 0 Å². The standard InChI is InChI=1S/C15H12FNO4/c16-10-6-7-12(13(18)8-10)15(21)17(9-14(19)20)11-4-2-1-3-5-11/h1-8,18H,9H2,(H,19,20). The Morgan fingerprint density at radius 2 is 1.76 bits per heavy atom. The molecule has 0 aliphatic carbocycles. The van der Waals surface area contributed by atoms with Crippen LogP contribution in [0.5, 0.6) is 5.75 Å². The van der Waals surface area contributed by atoms with Gasteiger partial charge in [-0.15, -0.1) is 0 Å². The molecule has 108 valence electrons. The Morgan fingerprint density at radius 3 is 2.33 bits per heavy atom. The number of carbonyl (C=O) groups is 2. The highest BCUT2D eigenvalue weighted by molar-refractivity contribution is 6.09. The second-order valence-electron chi connectivity index (χ2n) is 4.28. The van der Waals surface area contributed by atoms with E-state index in [-0.39, 0.29) is 5.56 Å². The van der Waals surface area contributed by atoms with Gasteiger partial charge in [0.1, 0.15) is 18.1 Å². The summed E-state index contributed by atoms with van der Waals surface area (Å²) in [6.07, 6.45) is 0. The number of hydrogen-bond donors (Lipinski definition) is 2. The topological polar surface area (TPSA) is 77.8 Å². The number of rotatable bonds is 4. The molecule has 0 spiro atoms. The van der Waals surface area contributed by atoms with E-state index in [1.165, 1.54) is 0 Å². The molecular weight excluding hydrogens is 277 g/mol. The van der Waals surface area contributed by atoms with Crippen LogP contribution in [0, 0.1) is 5.82 Å². The number of nitrogens with zero attached hydrogens (tertiary/aromatic N) is 1. The van der Waals surface area contributed by atoms with Gasteiger partial charge in [-0.05, 0) is 24.3 Å². The lowest BCUT2D eigenvalue weighted by Crippen LogP contribution is -2.35. The van der Waals surface area contributed by atoms with Crippen LogP contribution in [0.3, 0.4) is 0 Å². The van der Waals surface area contributed by atoms with E-state index in [2.05, 4.69) is 0 Å². The van der Waals surface area contributed by atoms with Crippen molar-refractivity contribution in [3.05, 3.63) is 59.9 Å². The van der Waals surface area contributed by atoms with Crippen molar-refractivity contribution in [3.8, 4) is 5.75 Å². The Morgan fingerprint density at radius 1 is 1.10 bits per heavy atom. The molecule has 0 heterocycles. The number of halogens is 1. The van der Waals surface area contributed by atoms with Gasteiger partial charge in [0.15, 0.2) is 0 Å². The third-order valence-electron chi connectivity index (χ3n) is 2.80. The van der Waals surface area contributed by atoms with Gasteiger partial charge in [0.2, 0.25) is 0 Å². The minimum Gasteiger partial charge on any atom is -0.507 e. The van der Waals surface area contributed by atoms with Crippen LogP contribution in [-0.4, -0.2) is 28.6 Å². The second-order valence-corrected chi connectivity index (χ2v) is 4.28. The van der Waals surface area contributed by atoms with Crippen molar-refractivity contribution in [2.45, 2.75) is 0 Å². The quantitative estimate of drug-likeness (QED) is 0.905.